The summed E-state index contributed by atoms with van der Waals surface area (Å²) in [6.45, 7) is 1.84. The number of nitrogens with zero attached hydrogens (tertiary/aromatic N) is 1. The summed E-state index contributed by atoms with van der Waals surface area (Å²) >= 11 is 0. The zero-order chi connectivity index (χ0) is 16.2. The van der Waals surface area contributed by atoms with Gasteiger partial charge in [0.15, 0.2) is 0 Å². The van der Waals surface area contributed by atoms with Crippen molar-refractivity contribution < 1.29 is 4.79 Å². The lowest BCUT2D eigenvalue weighted by molar-refractivity contribution is 0.0956. The Morgan fingerprint density at radius 2 is 1.65 bits per heavy atom. The number of carbonyl (C=O) groups excluding carboxylic acids is 1. The third-order valence-electron chi connectivity index (χ3n) is 3.69. The smallest absolute Gasteiger partial charge is 0.272 e. The topological polar surface area (TPSA) is 67.5 Å². The van der Waals surface area contributed by atoms with Gasteiger partial charge in [-0.15, -0.1) is 0 Å². The second kappa shape index (κ2) is 6.32. The maximum atomic E-state index is 12.4. The fourth-order valence-electron chi connectivity index (χ4n) is 2.41. The van der Waals surface area contributed by atoms with Crippen LogP contribution in [0.15, 0.2) is 71.8 Å². The van der Waals surface area contributed by atoms with Crippen LogP contribution in [0, 0.1) is 0 Å². The van der Waals surface area contributed by atoms with Crippen molar-refractivity contribution in [3.8, 4) is 0 Å². The molecule has 0 saturated heterocycles. The number of benzene rings is 3. The van der Waals surface area contributed by atoms with E-state index in [1.807, 2.05) is 55.5 Å². The fraction of sp³-hybridized carbons (Fsp3) is 0.0526. The summed E-state index contributed by atoms with van der Waals surface area (Å²) in [5.74, 6) is -0.225. The van der Waals surface area contributed by atoms with Gasteiger partial charge in [-0.1, -0.05) is 48.5 Å². The van der Waals surface area contributed by atoms with Crippen LogP contribution in [-0.4, -0.2) is 11.6 Å². The molecule has 0 saturated carbocycles. The van der Waals surface area contributed by atoms with Gasteiger partial charge in [-0.05, 0) is 41.5 Å². The van der Waals surface area contributed by atoms with E-state index < -0.39 is 0 Å². The molecule has 0 unspecified atom stereocenters. The van der Waals surface area contributed by atoms with Gasteiger partial charge in [0.05, 0.1) is 5.71 Å². The van der Waals surface area contributed by atoms with Crippen LogP contribution in [-0.2, 0) is 0 Å². The summed E-state index contributed by atoms with van der Waals surface area (Å²) in [6, 6.07) is 20.8. The van der Waals surface area contributed by atoms with Gasteiger partial charge in [-0.25, -0.2) is 5.43 Å². The van der Waals surface area contributed by atoms with Gasteiger partial charge in [0.1, 0.15) is 0 Å². The van der Waals surface area contributed by atoms with Crippen molar-refractivity contribution in [3.63, 3.8) is 0 Å². The molecular weight excluding hydrogens is 286 g/mol. The van der Waals surface area contributed by atoms with E-state index in [1.165, 1.54) is 0 Å². The molecule has 0 radical (unpaired) electrons. The highest BCUT2D eigenvalue weighted by Gasteiger charge is 2.09. The molecule has 4 nitrogen and oxygen atoms in total. The predicted molar refractivity (Wildman–Crippen MR) is 94.5 cm³/mol. The van der Waals surface area contributed by atoms with Crippen LogP contribution in [0.3, 0.4) is 0 Å². The molecule has 0 bridgehead atoms. The molecule has 0 heterocycles. The Bertz CT molecular complexity index is 877. The highest BCUT2D eigenvalue weighted by molar-refractivity contribution is 6.08. The molecule has 23 heavy (non-hydrogen) atoms. The van der Waals surface area contributed by atoms with E-state index >= 15 is 0 Å². The van der Waals surface area contributed by atoms with Gasteiger partial charge in [-0.2, -0.15) is 5.10 Å². The van der Waals surface area contributed by atoms with Crippen LogP contribution < -0.4 is 11.2 Å². The molecule has 3 aromatic rings. The van der Waals surface area contributed by atoms with E-state index in [4.69, 9.17) is 5.73 Å². The molecule has 0 atom stereocenters. The fourth-order valence-corrected chi connectivity index (χ4v) is 2.41. The van der Waals surface area contributed by atoms with Gasteiger partial charge in [0.2, 0.25) is 0 Å². The van der Waals surface area contributed by atoms with E-state index in [9.17, 15) is 4.79 Å². The van der Waals surface area contributed by atoms with E-state index in [0.717, 1.165) is 22.0 Å². The van der Waals surface area contributed by atoms with Crippen LogP contribution in [0.4, 0.5) is 5.69 Å². The summed E-state index contributed by atoms with van der Waals surface area (Å²) in [5.41, 5.74) is 11.2. The Kier molecular flexibility index (Phi) is 4.06. The number of amides is 1. The number of hydrogen-bond donors (Lipinski definition) is 2. The lowest BCUT2D eigenvalue weighted by Crippen LogP contribution is -2.19. The number of nitrogens with one attached hydrogen (secondary N) is 1. The Hall–Kier alpha value is -3.14. The summed E-state index contributed by atoms with van der Waals surface area (Å²) in [5, 5.41) is 6.12. The zero-order valence-corrected chi connectivity index (χ0v) is 12.8. The van der Waals surface area contributed by atoms with Gasteiger partial charge in [0.25, 0.3) is 5.91 Å². The van der Waals surface area contributed by atoms with Gasteiger partial charge >= 0.3 is 0 Å². The van der Waals surface area contributed by atoms with Crippen molar-refractivity contribution in [3.05, 3.63) is 77.9 Å². The highest BCUT2D eigenvalue weighted by Crippen LogP contribution is 2.18. The molecule has 3 rings (SSSR count). The number of hydrogen-bond acceptors (Lipinski definition) is 3. The number of rotatable bonds is 3. The normalized spacial score (nSPS) is 11.4. The average molecular weight is 303 g/mol. The second-order valence-electron chi connectivity index (χ2n) is 5.29. The van der Waals surface area contributed by atoms with Crippen molar-refractivity contribution in [2.75, 3.05) is 5.73 Å². The summed E-state index contributed by atoms with van der Waals surface area (Å²) in [7, 11) is 0. The largest absolute Gasteiger partial charge is 0.399 e. The zero-order valence-electron chi connectivity index (χ0n) is 12.8. The van der Waals surface area contributed by atoms with E-state index in [2.05, 4.69) is 10.5 Å². The third-order valence-corrected chi connectivity index (χ3v) is 3.69. The first kappa shape index (κ1) is 14.8. The Morgan fingerprint density at radius 1 is 0.957 bits per heavy atom. The quantitative estimate of drug-likeness (QED) is 0.441. The number of carbonyl (C=O) groups is 1. The SMILES string of the molecule is C/C(=N\NC(=O)c1cccc2ccccc12)c1ccc(N)cc1. The Morgan fingerprint density at radius 3 is 2.43 bits per heavy atom. The first-order valence-corrected chi connectivity index (χ1v) is 7.33. The minimum Gasteiger partial charge on any atom is -0.399 e. The minimum absolute atomic E-state index is 0.225. The van der Waals surface area contributed by atoms with Gasteiger partial charge < -0.3 is 5.73 Å². The van der Waals surface area contributed by atoms with E-state index in [-0.39, 0.29) is 5.91 Å². The van der Waals surface area contributed by atoms with Crippen molar-refractivity contribution in [1.82, 2.24) is 5.43 Å². The molecular formula is C19H17N3O. The predicted octanol–water partition coefficient (Wildman–Crippen LogP) is 3.58. The molecule has 0 spiro atoms. The highest BCUT2D eigenvalue weighted by atomic mass is 16.2. The minimum atomic E-state index is -0.225. The second-order valence-corrected chi connectivity index (χ2v) is 5.29. The number of hydrazone groups is 1. The molecule has 0 fully saturated rings. The van der Waals surface area contributed by atoms with Crippen molar-refractivity contribution in [2.24, 2.45) is 5.10 Å². The van der Waals surface area contributed by atoms with Gasteiger partial charge in [0, 0.05) is 11.3 Å². The summed E-state index contributed by atoms with van der Waals surface area (Å²) < 4.78 is 0. The summed E-state index contributed by atoms with van der Waals surface area (Å²) in [6.07, 6.45) is 0. The average Bonchev–Trinajstić information content (AvgIpc) is 2.59. The van der Waals surface area contributed by atoms with Gasteiger partial charge in [-0.3, -0.25) is 4.79 Å². The maximum Gasteiger partial charge on any atom is 0.272 e. The van der Waals surface area contributed by atoms with Crippen LogP contribution in [0.5, 0.6) is 0 Å². The van der Waals surface area contributed by atoms with Crippen LogP contribution in [0.25, 0.3) is 10.8 Å². The number of nitrogen functional groups attached to an aromatic ring is 1. The van der Waals surface area contributed by atoms with E-state index in [1.54, 1.807) is 18.2 Å². The first-order chi connectivity index (χ1) is 11.1. The Labute approximate surface area is 134 Å². The molecule has 4 heteroatoms. The van der Waals surface area contributed by atoms with Crippen molar-refractivity contribution in [2.45, 2.75) is 6.92 Å². The summed E-state index contributed by atoms with van der Waals surface area (Å²) in [4.78, 5) is 12.4. The molecule has 114 valence electrons. The molecule has 0 aliphatic rings. The molecule has 3 aromatic carbocycles. The Balaban J connectivity index is 1.83. The lowest BCUT2D eigenvalue weighted by atomic mass is 10.0. The number of nitrogens with two attached hydrogens (primary N) is 1. The van der Waals surface area contributed by atoms with Crippen molar-refractivity contribution in [1.29, 1.82) is 0 Å². The first-order valence-electron chi connectivity index (χ1n) is 7.33. The molecule has 0 aliphatic heterocycles. The monoisotopic (exact) mass is 303 g/mol. The standard InChI is InChI=1S/C19H17N3O/c1-13(14-9-11-16(20)12-10-14)21-22-19(23)18-8-4-6-15-5-2-3-7-17(15)18/h2-12H,20H2,1H3,(H,22,23)/b21-13+. The third kappa shape index (κ3) is 3.21. The number of anilines is 1. The van der Waals surface area contributed by atoms with Crippen LogP contribution >= 0.6 is 0 Å². The molecule has 0 aliphatic carbocycles. The number of fused-ring (bicyclic) bond motifs is 1. The molecule has 1 amide bonds. The molecule has 3 N–H and O–H groups in total. The maximum absolute atomic E-state index is 12.4. The van der Waals surface area contributed by atoms with E-state index in [0.29, 0.717) is 11.3 Å². The molecule has 0 aromatic heterocycles. The van der Waals surface area contributed by atoms with Crippen LogP contribution in [0.2, 0.25) is 0 Å². The lowest BCUT2D eigenvalue weighted by Gasteiger charge is -2.06. The van der Waals surface area contributed by atoms with Crippen molar-refractivity contribution >= 4 is 28.1 Å². The van der Waals surface area contributed by atoms with Crippen LogP contribution in [0.1, 0.15) is 22.8 Å².